The van der Waals surface area contributed by atoms with Gasteiger partial charge in [-0.25, -0.2) is 0 Å². The van der Waals surface area contributed by atoms with Crippen LogP contribution in [0.15, 0.2) is 49.8 Å². The van der Waals surface area contributed by atoms with Crippen LogP contribution in [0.2, 0.25) is 0 Å². The topological polar surface area (TPSA) is 109 Å². The molecule has 0 unspecified atom stereocenters. The molecule has 0 aliphatic heterocycles. The largest absolute Gasteiger partial charge is 0.486 e. The van der Waals surface area contributed by atoms with Crippen LogP contribution in [0.5, 0.6) is 5.75 Å². The van der Waals surface area contributed by atoms with Crippen molar-refractivity contribution in [3.8, 4) is 5.75 Å². The number of aromatic nitrogens is 1. The van der Waals surface area contributed by atoms with Crippen molar-refractivity contribution >= 4 is 51.0 Å². The number of hydrogen-bond donors (Lipinski definition) is 1. The zero-order chi connectivity index (χ0) is 20.7. The number of carbonyl (C=O) groups excluding carboxylic acids is 2. The van der Waals surface area contributed by atoms with Gasteiger partial charge in [-0.2, -0.15) is 0 Å². The van der Waals surface area contributed by atoms with Gasteiger partial charge in [0, 0.05) is 36.4 Å². The van der Waals surface area contributed by atoms with Crippen molar-refractivity contribution in [2.24, 2.45) is 5.18 Å². The van der Waals surface area contributed by atoms with Crippen molar-refractivity contribution < 1.29 is 14.3 Å². The van der Waals surface area contributed by atoms with Crippen molar-refractivity contribution in [2.45, 2.75) is 6.61 Å². The summed E-state index contributed by atoms with van der Waals surface area (Å²) in [4.78, 5) is 49.5. The number of likely N-dealkylation sites (N-methyl/N-ethyl adjacent to an activating group) is 1. The Bertz CT molecular complexity index is 967. The van der Waals surface area contributed by atoms with Gasteiger partial charge in [0.1, 0.15) is 12.4 Å². The Labute approximate surface area is 173 Å². The highest BCUT2D eigenvalue weighted by molar-refractivity contribution is 9.10. The summed E-state index contributed by atoms with van der Waals surface area (Å²) >= 11 is 4.08. The minimum Gasteiger partial charge on any atom is -0.486 e. The highest BCUT2D eigenvalue weighted by Gasteiger charge is 2.15. The van der Waals surface area contributed by atoms with E-state index in [1.165, 1.54) is 29.3 Å². The quantitative estimate of drug-likeness (QED) is 0.363. The molecule has 8 nitrogen and oxygen atoms in total. The van der Waals surface area contributed by atoms with Gasteiger partial charge >= 0.3 is 0 Å². The van der Waals surface area contributed by atoms with E-state index < -0.39 is 0 Å². The predicted octanol–water partition coefficient (Wildman–Crippen LogP) is 3.47. The average molecular weight is 466 g/mol. The summed E-state index contributed by atoms with van der Waals surface area (Å²) in [5.74, 6) is -0.138. The molecule has 1 aromatic carbocycles. The number of nitrogens with one attached hydrogen (secondary N) is 1. The first kappa shape index (κ1) is 21.6. The molecule has 2 aromatic rings. The number of amides is 1. The molecule has 0 aliphatic rings. The van der Waals surface area contributed by atoms with Gasteiger partial charge in [-0.15, -0.1) is 4.91 Å². The number of aromatic amines is 1. The van der Waals surface area contributed by atoms with Crippen LogP contribution in [0.1, 0.15) is 11.1 Å². The lowest BCUT2D eigenvalue weighted by Crippen LogP contribution is -2.22. The fraction of sp³-hybridized carbons (Fsp3) is 0.167. The van der Waals surface area contributed by atoms with E-state index in [0.717, 1.165) is 11.8 Å². The standard InChI is InChI=1S/C18H16BrN3O5S/c1-22(2)18(25)16(28-10-23)6-12-5-15(14(21-26)7-13(12)19)27-9-11-3-4-17(24)20-8-11/h3-8,10H,9H2,1-2H3,(H,20,24)/b16-6-. The van der Waals surface area contributed by atoms with Crippen LogP contribution in [-0.4, -0.2) is 35.5 Å². The van der Waals surface area contributed by atoms with Gasteiger partial charge in [-0.3, -0.25) is 14.4 Å². The fourth-order valence-electron chi connectivity index (χ4n) is 2.11. The summed E-state index contributed by atoms with van der Waals surface area (Å²) in [5, 5.41) is 2.96. The molecule has 0 aliphatic carbocycles. The zero-order valence-electron chi connectivity index (χ0n) is 15.0. The maximum atomic E-state index is 12.2. The highest BCUT2D eigenvalue weighted by Crippen LogP contribution is 2.36. The fourth-order valence-corrected chi connectivity index (χ4v) is 3.14. The SMILES string of the molecule is CN(C)C(=O)/C(=C/c1cc(OCc2ccc(=O)[nH]c2)c(N=O)cc1Br)SC=O. The minimum absolute atomic E-state index is 0.0666. The van der Waals surface area contributed by atoms with E-state index in [1.54, 1.807) is 26.2 Å². The molecule has 1 amide bonds. The molecule has 1 N–H and O–H groups in total. The van der Waals surface area contributed by atoms with Gasteiger partial charge in [0.2, 0.25) is 5.56 Å². The molecule has 0 saturated heterocycles. The number of H-pyrrole nitrogens is 1. The summed E-state index contributed by atoms with van der Waals surface area (Å²) in [7, 11) is 3.16. The van der Waals surface area contributed by atoms with E-state index in [2.05, 4.69) is 26.1 Å². The number of rotatable bonds is 8. The molecule has 146 valence electrons. The summed E-state index contributed by atoms with van der Waals surface area (Å²) < 4.78 is 6.17. The predicted molar refractivity (Wildman–Crippen MR) is 112 cm³/mol. The van der Waals surface area contributed by atoms with Crippen LogP contribution in [0.25, 0.3) is 6.08 Å². The lowest BCUT2D eigenvalue weighted by Gasteiger charge is -2.13. The minimum atomic E-state index is -0.336. The summed E-state index contributed by atoms with van der Waals surface area (Å²) in [6.45, 7) is 0.0939. The average Bonchev–Trinajstić information content (AvgIpc) is 2.68. The molecule has 0 spiro atoms. The molecule has 2 rings (SSSR count). The van der Waals surface area contributed by atoms with Crippen molar-refractivity contribution in [2.75, 3.05) is 14.1 Å². The first-order valence-electron chi connectivity index (χ1n) is 7.86. The van der Waals surface area contributed by atoms with E-state index in [0.29, 0.717) is 21.2 Å². The highest BCUT2D eigenvalue weighted by atomic mass is 79.9. The maximum Gasteiger partial charge on any atom is 0.260 e. The number of carbonyl (C=O) groups is 2. The number of ether oxygens (including phenoxy) is 1. The van der Waals surface area contributed by atoms with Gasteiger partial charge in [-0.05, 0) is 46.8 Å². The second kappa shape index (κ2) is 10.00. The maximum absolute atomic E-state index is 12.2. The third-order valence-corrected chi connectivity index (χ3v) is 4.83. The molecule has 10 heteroatoms. The molecule has 0 atom stereocenters. The molecule has 28 heavy (non-hydrogen) atoms. The third kappa shape index (κ3) is 5.64. The van der Waals surface area contributed by atoms with E-state index >= 15 is 0 Å². The van der Waals surface area contributed by atoms with Crippen LogP contribution >= 0.6 is 27.7 Å². The van der Waals surface area contributed by atoms with E-state index in [9.17, 15) is 19.3 Å². The first-order chi connectivity index (χ1) is 13.3. The van der Waals surface area contributed by atoms with Gasteiger partial charge in [0.05, 0.1) is 4.91 Å². The van der Waals surface area contributed by atoms with Gasteiger partial charge in [0.15, 0.2) is 11.3 Å². The Morgan fingerprint density at radius 1 is 1.36 bits per heavy atom. The Balaban J connectivity index is 2.38. The van der Waals surface area contributed by atoms with Gasteiger partial charge in [0.25, 0.3) is 5.91 Å². The Hall–Kier alpha value is -2.72. The molecule has 0 bridgehead atoms. The number of hydrogen-bond acceptors (Lipinski definition) is 7. The Kier molecular flexibility index (Phi) is 7.70. The number of thioether (sulfide) groups is 1. The first-order valence-corrected chi connectivity index (χ1v) is 9.54. The van der Waals surface area contributed by atoms with Crippen molar-refractivity contribution in [1.82, 2.24) is 9.88 Å². The molecule has 0 radical (unpaired) electrons. The number of pyridine rings is 1. The smallest absolute Gasteiger partial charge is 0.260 e. The van der Waals surface area contributed by atoms with Crippen LogP contribution < -0.4 is 10.3 Å². The van der Waals surface area contributed by atoms with Gasteiger partial charge in [-0.1, -0.05) is 15.9 Å². The lowest BCUT2D eigenvalue weighted by atomic mass is 10.1. The van der Waals surface area contributed by atoms with Crippen LogP contribution in [-0.2, 0) is 16.2 Å². The molecular weight excluding hydrogens is 450 g/mol. The summed E-state index contributed by atoms with van der Waals surface area (Å²) in [6, 6.07) is 5.97. The molecule has 0 saturated carbocycles. The summed E-state index contributed by atoms with van der Waals surface area (Å²) in [6.07, 6.45) is 3.03. The molecule has 1 heterocycles. The second-order valence-corrected chi connectivity index (χ2v) is 7.43. The number of halogens is 1. The monoisotopic (exact) mass is 465 g/mol. The van der Waals surface area contributed by atoms with Crippen LogP contribution in [0, 0.1) is 4.91 Å². The van der Waals surface area contributed by atoms with Crippen molar-refractivity contribution in [3.63, 3.8) is 0 Å². The Morgan fingerprint density at radius 2 is 2.11 bits per heavy atom. The molecule has 1 aromatic heterocycles. The van der Waals surface area contributed by atoms with Crippen molar-refractivity contribution in [3.05, 3.63) is 66.2 Å². The number of nitrogens with zero attached hydrogens (tertiary/aromatic N) is 2. The van der Waals surface area contributed by atoms with Gasteiger partial charge < -0.3 is 14.6 Å². The van der Waals surface area contributed by atoms with E-state index in [4.69, 9.17) is 4.74 Å². The number of nitroso groups, excluding NO2 is 1. The van der Waals surface area contributed by atoms with Crippen LogP contribution in [0.4, 0.5) is 5.69 Å². The second-order valence-electron chi connectivity index (χ2n) is 5.70. The number of benzene rings is 1. The molecular formula is C18H16BrN3O5S. The van der Waals surface area contributed by atoms with E-state index in [-0.39, 0.29) is 34.4 Å². The van der Waals surface area contributed by atoms with Crippen molar-refractivity contribution in [1.29, 1.82) is 0 Å². The van der Waals surface area contributed by atoms with E-state index in [1.807, 2.05) is 0 Å². The summed E-state index contributed by atoms with van der Waals surface area (Å²) in [5.41, 5.74) is 1.62. The normalized spacial score (nSPS) is 11.0. The zero-order valence-corrected chi connectivity index (χ0v) is 17.4. The van der Waals surface area contributed by atoms with Crippen LogP contribution in [0.3, 0.4) is 0 Å². The lowest BCUT2D eigenvalue weighted by molar-refractivity contribution is -0.123. The molecule has 0 fully saturated rings. The third-order valence-electron chi connectivity index (χ3n) is 3.50. The Morgan fingerprint density at radius 3 is 2.68 bits per heavy atom.